The lowest BCUT2D eigenvalue weighted by molar-refractivity contribution is 0.571. The van der Waals surface area contributed by atoms with Gasteiger partial charge < -0.3 is 5.73 Å². The number of benzene rings is 2. The number of nitrogens with one attached hydrogen (secondary N) is 1. The number of hydrogen-bond donors (Lipinski definition) is 2. The molecule has 0 amide bonds. The predicted molar refractivity (Wildman–Crippen MR) is 77.8 cm³/mol. The lowest BCUT2D eigenvalue weighted by atomic mass is 10.2. The summed E-state index contributed by atoms with van der Waals surface area (Å²) in [4.78, 5) is -0.680. The van der Waals surface area contributed by atoms with E-state index in [0.29, 0.717) is 0 Å². The van der Waals surface area contributed by atoms with Crippen LogP contribution in [0.1, 0.15) is 5.56 Å². The van der Waals surface area contributed by atoms with Gasteiger partial charge in [-0.25, -0.2) is 12.8 Å². The molecule has 0 unspecified atom stereocenters. The van der Waals surface area contributed by atoms with Crippen LogP contribution < -0.4 is 10.5 Å². The summed E-state index contributed by atoms with van der Waals surface area (Å²) in [5.41, 5.74) is 5.64. The fourth-order valence-corrected chi connectivity index (χ4v) is 3.15. The monoisotopic (exact) mass is 325 g/mol. The standard InChI is InChI=1S/C13H9ClFN3O2S/c14-10-5-9(17)6-12(13(10)15)21(19,20)18-11-4-2-1-3-8(11)7-16/h1-6,18H,17H2. The Balaban J connectivity index is 2.52. The summed E-state index contributed by atoms with van der Waals surface area (Å²) < 4.78 is 40.5. The highest BCUT2D eigenvalue weighted by Gasteiger charge is 2.23. The highest BCUT2D eigenvalue weighted by Crippen LogP contribution is 2.27. The van der Waals surface area contributed by atoms with Gasteiger partial charge in [0.15, 0.2) is 5.82 Å². The SMILES string of the molecule is N#Cc1ccccc1NS(=O)(=O)c1cc(N)cc(Cl)c1F. The zero-order chi connectivity index (χ0) is 15.6. The second kappa shape index (κ2) is 5.60. The van der Waals surface area contributed by atoms with E-state index in [4.69, 9.17) is 22.6 Å². The normalized spacial score (nSPS) is 10.9. The molecule has 108 valence electrons. The van der Waals surface area contributed by atoms with Crippen LogP contribution in [-0.2, 0) is 10.0 Å². The molecule has 21 heavy (non-hydrogen) atoms. The Hall–Kier alpha value is -2.30. The number of nitrogens with zero attached hydrogens (tertiary/aromatic N) is 1. The molecule has 0 atom stereocenters. The van der Waals surface area contributed by atoms with Crippen molar-refractivity contribution in [3.63, 3.8) is 0 Å². The summed E-state index contributed by atoms with van der Waals surface area (Å²) in [6.07, 6.45) is 0. The minimum Gasteiger partial charge on any atom is -0.399 e. The fourth-order valence-electron chi connectivity index (χ4n) is 1.65. The van der Waals surface area contributed by atoms with Crippen LogP contribution in [0.25, 0.3) is 0 Å². The van der Waals surface area contributed by atoms with E-state index in [1.807, 2.05) is 6.07 Å². The molecule has 0 radical (unpaired) electrons. The van der Waals surface area contributed by atoms with Crippen molar-refractivity contribution in [1.29, 1.82) is 5.26 Å². The molecule has 0 saturated carbocycles. The van der Waals surface area contributed by atoms with E-state index in [1.54, 1.807) is 12.1 Å². The molecule has 0 bridgehead atoms. The van der Waals surface area contributed by atoms with Crippen LogP contribution >= 0.6 is 11.6 Å². The van der Waals surface area contributed by atoms with Gasteiger partial charge in [-0.2, -0.15) is 5.26 Å². The van der Waals surface area contributed by atoms with Crippen LogP contribution in [0.2, 0.25) is 5.02 Å². The van der Waals surface area contributed by atoms with Gasteiger partial charge in [-0.1, -0.05) is 23.7 Å². The van der Waals surface area contributed by atoms with Gasteiger partial charge in [0.2, 0.25) is 0 Å². The Morgan fingerprint density at radius 3 is 2.62 bits per heavy atom. The van der Waals surface area contributed by atoms with Crippen molar-refractivity contribution in [2.75, 3.05) is 10.5 Å². The zero-order valence-electron chi connectivity index (χ0n) is 10.5. The number of para-hydroxylation sites is 1. The van der Waals surface area contributed by atoms with Crippen molar-refractivity contribution in [2.45, 2.75) is 4.90 Å². The Labute approximate surface area is 125 Å². The number of hydrogen-bond acceptors (Lipinski definition) is 4. The lowest BCUT2D eigenvalue weighted by Gasteiger charge is -2.11. The second-order valence-electron chi connectivity index (χ2n) is 4.08. The Bertz CT molecular complexity index is 847. The molecule has 0 aliphatic heterocycles. The summed E-state index contributed by atoms with van der Waals surface area (Å²) in [6.45, 7) is 0. The molecule has 0 spiro atoms. The third kappa shape index (κ3) is 3.07. The van der Waals surface area contributed by atoms with Crippen LogP contribution in [0.3, 0.4) is 0 Å². The molecule has 3 N–H and O–H groups in total. The average molecular weight is 326 g/mol. The van der Waals surface area contributed by atoms with Crippen LogP contribution in [0.4, 0.5) is 15.8 Å². The van der Waals surface area contributed by atoms with Crippen LogP contribution in [0.5, 0.6) is 0 Å². The number of halogens is 2. The average Bonchev–Trinajstić information content (AvgIpc) is 2.43. The first-order valence-electron chi connectivity index (χ1n) is 5.61. The van der Waals surface area contributed by atoms with Crippen molar-refractivity contribution in [3.8, 4) is 6.07 Å². The Kier molecular flexibility index (Phi) is 4.02. The van der Waals surface area contributed by atoms with Gasteiger partial charge in [0.05, 0.1) is 16.3 Å². The van der Waals surface area contributed by atoms with Gasteiger partial charge in [0, 0.05) is 5.69 Å². The predicted octanol–water partition coefficient (Wildman–Crippen LogP) is 2.73. The van der Waals surface area contributed by atoms with Gasteiger partial charge in [-0.15, -0.1) is 0 Å². The molecule has 5 nitrogen and oxygen atoms in total. The van der Waals surface area contributed by atoms with Gasteiger partial charge in [-0.3, -0.25) is 4.72 Å². The molecular formula is C13H9ClFN3O2S. The van der Waals surface area contributed by atoms with Crippen molar-refractivity contribution < 1.29 is 12.8 Å². The summed E-state index contributed by atoms with van der Waals surface area (Å²) in [7, 11) is -4.26. The highest BCUT2D eigenvalue weighted by atomic mass is 35.5. The number of rotatable bonds is 3. The molecule has 2 aromatic carbocycles. The van der Waals surface area contributed by atoms with Crippen molar-refractivity contribution >= 4 is 33.0 Å². The minimum absolute atomic E-state index is 0.00958. The molecule has 8 heteroatoms. The molecule has 2 aromatic rings. The van der Waals surface area contributed by atoms with E-state index in [0.717, 1.165) is 12.1 Å². The summed E-state index contributed by atoms with van der Waals surface area (Å²) in [5.74, 6) is -1.10. The zero-order valence-corrected chi connectivity index (χ0v) is 12.0. The van der Waals surface area contributed by atoms with E-state index >= 15 is 0 Å². The van der Waals surface area contributed by atoms with Crippen LogP contribution in [0.15, 0.2) is 41.3 Å². The summed E-state index contributed by atoms with van der Waals surface area (Å²) >= 11 is 5.59. The van der Waals surface area contributed by atoms with E-state index in [2.05, 4.69) is 4.72 Å². The van der Waals surface area contributed by atoms with E-state index in [1.165, 1.54) is 12.1 Å². The Morgan fingerprint density at radius 2 is 1.95 bits per heavy atom. The third-order valence-electron chi connectivity index (χ3n) is 2.60. The smallest absolute Gasteiger partial charge is 0.264 e. The van der Waals surface area contributed by atoms with Crippen LogP contribution in [0, 0.1) is 17.1 Å². The van der Waals surface area contributed by atoms with Crippen LogP contribution in [-0.4, -0.2) is 8.42 Å². The maximum Gasteiger partial charge on any atom is 0.264 e. The molecule has 0 saturated heterocycles. The molecule has 0 aliphatic rings. The molecule has 0 fully saturated rings. The van der Waals surface area contributed by atoms with E-state index in [-0.39, 0.29) is 16.9 Å². The number of anilines is 2. The van der Waals surface area contributed by atoms with Gasteiger partial charge in [-0.05, 0) is 24.3 Å². The minimum atomic E-state index is -4.26. The van der Waals surface area contributed by atoms with E-state index in [9.17, 15) is 12.8 Å². The number of nitriles is 1. The van der Waals surface area contributed by atoms with Gasteiger partial charge >= 0.3 is 0 Å². The third-order valence-corrected chi connectivity index (χ3v) is 4.24. The molecule has 0 aromatic heterocycles. The maximum absolute atomic E-state index is 13.9. The first kappa shape index (κ1) is 15.1. The van der Waals surface area contributed by atoms with Crippen molar-refractivity contribution in [3.05, 3.63) is 52.8 Å². The van der Waals surface area contributed by atoms with Gasteiger partial charge in [0.1, 0.15) is 11.0 Å². The molecule has 0 aliphatic carbocycles. The largest absolute Gasteiger partial charge is 0.399 e. The first-order valence-corrected chi connectivity index (χ1v) is 7.48. The first-order chi connectivity index (χ1) is 9.85. The molecule has 0 heterocycles. The lowest BCUT2D eigenvalue weighted by Crippen LogP contribution is -2.16. The van der Waals surface area contributed by atoms with Crippen molar-refractivity contribution in [2.24, 2.45) is 0 Å². The molecular weight excluding hydrogens is 317 g/mol. The number of nitrogens with two attached hydrogens (primary N) is 1. The van der Waals surface area contributed by atoms with Crippen molar-refractivity contribution in [1.82, 2.24) is 0 Å². The summed E-state index contributed by atoms with van der Waals surface area (Å²) in [5, 5.41) is 8.53. The van der Waals surface area contributed by atoms with Gasteiger partial charge in [0.25, 0.3) is 10.0 Å². The second-order valence-corrected chi connectivity index (χ2v) is 6.14. The topological polar surface area (TPSA) is 96.0 Å². The Morgan fingerprint density at radius 1 is 1.29 bits per heavy atom. The maximum atomic E-state index is 13.9. The quantitative estimate of drug-likeness (QED) is 0.848. The number of nitrogen functional groups attached to an aromatic ring is 1. The fraction of sp³-hybridized carbons (Fsp3) is 0. The summed E-state index contributed by atoms with van der Waals surface area (Å²) in [6, 6.07) is 9.85. The van der Waals surface area contributed by atoms with E-state index < -0.39 is 25.8 Å². The number of sulfonamides is 1. The highest BCUT2D eigenvalue weighted by molar-refractivity contribution is 7.92. The molecule has 2 rings (SSSR count).